The van der Waals surface area contributed by atoms with Crippen LogP contribution in [-0.4, -0.2) is 22.4 Å². The SMILES string of the molecule is CCOC(=O)C(C(C)C)n1nc(C)ccc1=O. The van der Waals surface area contributed by atoms with Gasteiger partial charge in [0.2, 0.25) is 0 Å². The van der Waals surface area contributed by atoms with E-state index < -0.39 is 12.0 Å². The number of esters is 1. The highest BCUT2D eigenvalue weighted by molar-refractivity contribution is 5.74. The van der Waals surface area contributed by atoms with E-state index in [1.54, 1.807) is 19.9 Å². The van der Waals surface area contributed by atoms with Gasteiger partial charge in [-0.25, -0.2) is 9.48 Å². The molecule has 1 aromatic heterocycles. The number of aryl methyl sites for hydroxylation is 1. The zero-order valence-corrected chi connectivity index (χ0v) is 10.6. The van der Waals surface area contributed by atoms with E-state index in [9.17, 15) is 9.59 Å². The number of aromatic nitrogens is 2. The average Bonchev–Trinajstić information content (AvgIpc) is 2.23. The molecule has 17 heavy (non-hydrogen) atoms. The van der Waals surface area contributed by atoms with Gasteiger partial charge >= 0.3 is 5.97 Å². The molecular formula is C12H18N2O3. The standard InChI is InChI=1S/C12H18N2O3/c1-5-17-12(16)11(8(2)3)14-10(15)7-6-9(4)13-14/h6-8,11H,5H2,1-4H3. The van der Waals surface area contributed by atoms with Crippen LogP contribution >= 0.6 is 0 Å². The molecule has 0 saturated carbocycles. The lowest BCUT2D eigenvalue weighted by Crippen LogP contribution is -2.36. The lowest BCUT2D eigenvalue weighted by Gasteiger charge is -2.20. The molecule has 5 nitrogen and oxygen atoms in total. The molecule has 94 valence electrons. The molecule has 0 bridgehead atoms. The first-order valence-corrected chi connectivity index (χ1v) is 5.70. The van der Waals surface area contributed by atoms with E-state index in [0.717, 1.165) is 0 Å². The Bertz CT molecular complexity index is 451. The van der Waals surface area contributed by atoms with Gasteiger partial charge in [-0.05, 0) is 25.8 Å². The largest absolute Gasteiger partial charge is 0.464 e. The van der Waals surface area contributed by atoms with Crippen LogP contribution in [0.25, 0.3) is 0 Å². The maximum Gasteiger partial charge on any atom is 0.331 e. The molecular weight excluding hydrogens is 220 g/mol. The van der Waals surface area contributed by atoms with Crippen molar-refractivity contribution < 1.29 is 9.53 Å². The van der Waals surface area contributed by atoms with Gasteiger partial charge in [0.1, 0.15) is 0 Å². The van der Waals surface area contributed by atoms with Gasteiger partial charge in [-0.3, -0.25) is 4.79 Å². The third kappa shape index (κ3) is 3.15. The summed E-state index contributed by atoms with van der Waals surface area (Å²) in [5, 5.41) is 4.10. The van der Waals surface area contributed by atoms with Crippen LogP contribution in [0.2, 0.25) is 0 Å². The third-order valence-corrected chi connectivity index (χ3v) is 2.38. The number of hydrogen-bond donors (Lipinski definition) is 0. The van der Waals surface area contributed by atoms with E-state index in [1.807, 2.05) is 13.8 Å². The molecule has 0 aliphatic heterocycles. The summed E-state index contributed by atoms with van der Waals surface area (Å²) in [5.41, 5.74) is 0.405. The van der Waals surface area contributed by atoms with Crippen LogP contribution in [0.3, 0.4) is 0 Å². The van der Waals surface area contributed by atoms with E-state index in [1.165, 1.54) is 10.7 Å². The number of nitrogens with zero attached hydrogens (tertiary/aromatic N) is 2. The highest BCUT2D eigenvalue weighted by Gasteiger charge is 2.27. The molecule has 1 rings (SSSR count). The molecule has 1 heterocycles. The predicted octanol–water partition coefficient (Wildman–Crippen LogP) is 1.31. The molecule has 0 radical (unpaired) electrons. The van der Waals surface area contributed by atoms with E-state index in [2.05, 4.69) is 5.10 Å². The predicted molar refractivity (Wildman–Crippen MR) is 63.7 cm³/mol. The summed E-state index contributed by atoms with van der Waals surface area (Å²) >= 11 is 0. The van der Waals surface area contributed by atoms with Gasteiger partial charge in [-0.2, -0.15) is 5.10 Å². The minimum absolute atomic E-state index is 0.0546. The van der Waals surface area contributed by atoms with Crippen molar-refractivity contribution >= 4 is 5.97 Å². The van der Waals surface area contributed by atoms with E-state index >= 15 is 0 Å². The fourth-order valence-electron chi connectivity index (χ4n) is 1.60. The van der Waals surface area contributed by atoms with Crippen molar-refractivity contribution in [2.75, 3.05) is 6.61 Å². The van der Waals surface area contributed by atoms with E-state index in [-0.39, 0.29) is 11.5 Å². The normalized spacial score (nSPS) is 12.5. The number of carbonyl (C=O) groups excluding carboxylic acids is 1. The molecule has 5 heteroatoms. The lowest BCUT2D eigenvalue weighted by atomic mass is 10.1. The summed E-state index contributed by atoms with van der Waals surface area (Å²) < 4.78 is 6.18. The number of rotatable bonds is 4. The van der Waals surface area contributed by atoms with Gasteiger partial charge in [0.05, 0.1) is 12.3 Å². The van der Waals surface area contributed by atoms with Gasteiger partial charge in [0, 0.05) is 6.07 Å². The Morgan fingerprint density at radius 3 is 2.65 bits per heavy atom. The van der Waals surface area contributed by atoms with Crippen LogP contribution in [0.15, 0.2) is 16.9 Å². The van der Waals surface area contributed by atoms with Crippen molar-refractivity contribution in [3.05, 3.63) is 28.2 Å². The Morgan fingerprint density at radius 2 is 2.12 bits per heavy atom. The molecule has 0 aromatic carbocycles. The van der Waals surface area contributed by atoms with Gasteiger partial charge in [-0.1, -0.05) is 13.8 Å². The lowest BCUT2D eigenvalue weighted by molar-refractivity contribution is -0.149. The van der Waals surface area contributed by atoms with Gasteiger partial charge in [0.25, 0.3) is 5.56 Å². The molecule has 0 N–H and O–H groups in total. The second-order valence-electron chi connectivity index (χ2n) is 4.20. The van der Waals surface area contributed by atoms with Crippen molar-refractivity contribution in [1.82, 2.24) is 9.78 Å². The smallest absolute Gasteiger partial charge is 0.331 e. The maximum absolute atomic E-state index is 11.8. The quantitative estimate of drug-likeness (QED) is 0.742. The summed E-state index contributed by atoms with van der Waals surface area (Å²) in [7, 11) is 0. The molecule has 1 aromatic rings. The van der Waals surface area contributed by atoms with Crippen molar-refractivity contribution in [1.29, 1.82) is 0 Å². The fraction of sp³-hybridized carbons (Fsp3) is 0.583. The van der Waals surface area contributed by atoms with Gasteiger partial charge < -0.3 is 4.74 Å². The molecule has 0 saturated heterocycles. The van der Waals surface area contributed by atoms with Crippen molar-refractivity contribution in [2.24, 2.45) is 5.92 Å². The number of ether oxygens (including phenoxy) is 1. The molecule has 0 aliphatic carbocycles. The van der Waals surface area contributed by atoms with Crippen molar-refractivity contribution in [3.63, 3.8) is 0 Å². The Kier molecular flexibility index (Phi) is 4.43. The zero-order chi connectivity index (χ0) is 13.0. The Balaban J connectivity index is 3.18. The minimum Gasteiger partial charge on any atom is -0.464 e. The molecule has 0 spiro atoms. The zero-order valence-electron chi connectivity index (χ0n) is 10.6. The monoisotopic (exact) mass is 238 g/mol. The van der Waals surface area contributed by atoms with Crippen LogP contribution < -0.4 is 5.56 Å². The molecule has 1 atom stereocenters. The Morgan fingerprint density at radius 1 is 1.47 bits per heavy atom. The third-order valence-electron chi connectivity index (χ3n) is 2.38. The second-order valence-corrected chi connectivity index (χ2v) is 4.20. The maximum atomic E-state index is 11.8. The Labute approximate surface area is 100 Å². The molecule has 0 fully saturated rings. The summed E-state index contributed by atoms with van der Waals surface area (Å²) in [5.74, 6) is -0.469. The Hall–Kier alpha value is -1.65. The van der Waals surface area contributed by atoms with Crippen LogP contribution in [0.5, 0.6) is 0 Å². The van der Waals surface area contributed by atoms with E-state index in [4.69, 9.17) is 4.74 Å². The van der Waals surface area contributed by atoms with Crippen LogP contribution in [0.1, 0.15) is 32.5 Å². The van der Waals surface area contributed by atoms with Crippen LogP contribution in [0.4, 0.5) is 0 Å². The summed E-state index contributed by atoms with van der Waals surface area (Å²) in [6.45, 7) is 7.53. The summed E-state index contributed by atoms with van der Waals surface area (Å²) in [4.78, 5) is 23.5. The van der Waals surface area contributed by atoms with Crippen LogP contribution in [-0.2, 0) is 9.53 Å². The van der Waals surface area contributed by atoms with Gasteiger partial charge in [-0.15, -0.1) is 0 Å². The highest BCUT2D eigenvalue weighted by Crippen LogP contribution is 2.16. The molecule has 1 unspecified atom stereocenters. The molecule has 0 amide bonds. The summed E-state index contributed by atoms with van der Waals surface area (Å²) in [6.07, 6.45) is 0. The summed E-state index contributed by atoms with van der Waals surface area (Å²) in [6, 6.07) is 2.38. The van der Waals surface area contributed by atoms with Crippen molar-refractivity contribution in [2.45, 2.75) is 33.7 Å². The second kappa shape index (κ2) is 5.61. The topological polar surface area (TPSA) is 61.2 Å². The average molecular weight is 238 g/mol. The first-order valence-electron chi connectivity index (χ1n) is 5.70. The van der Waals surface area contributed by atoms with Crippen molar-refractivity contribution in [3.8, 4) is 0 Å². The first kappa shape index (κ1) is 13.4. The van der Waals surface area contributed by atoms with Crippen LogP contribution in [0, 0.1) is 12.8 Å². The fourth-order valence-corrected chi connectivity index (χ4v) is 1.60. The number of hydrogen-bond acceptors (Lipinski definition) is 4. The highest BCUT2D eigenvalue weighted by atomic mass is 16.5. The minimum atomic E-state index is -0.664. The van der Waals surface area contributed by atoms with E-state index in [0.29, 0.717) is 12.3 Å². The van der Waals surface area contributed by atoms with Gasteiger partial charge in [0.15, 0.2) is 6.04 Å². The molecule has 0 aliphatic rings. The first-order chi connectivity index (χ1) is 7.97. The number of carbonyl (C=O) groups is 1.